The van der Waals surface area contributed by atoms with E-state index in [0.29, 0.717) is 23.4 Å². The van der Waals surface area contributed by atoms with E-state index in [1.54, 1.807) is 19.3 Å². The van der Waals surface area contributed by atoms with E-state index in [-0.39, 0.29) is 11.4 Å². The van der Waals surface area contributed by atoms with Gasteiger partial charge in [0.25, 0.3) is 0 Å². The minimum atomic E-state index is -0.460. The first-order valence-electron chi connectivity index (χ1n) is 7.92. The molecule has 1 aliphatic carbocycles. The smallest absolute Gasteiger partial charge is 0.319 e. The standard InChI is InChI=1S/C15H20N6O2/c1-10-13(21(22)23)12(14-16-7-8-17-14)20-15(19-10)18-9-11-5-3-2-4-6-11/h7-8,11H,2-6,9H2,1H3,(H,16,17)(H,18,19,20). The number of nitrogens with zero attached hydrogens (tertiary/aromatic N) is 4. The van der Waals surface area contributed by atoms with Crippen molar-refractivity contribution in [3.05, 3.63) is 28.2 Å². The molecular formula is C15H20N6O2. The average molecular weight is 316 g/mol. The molecule has 0 spiro atoms. The van der Waals surface area contributed by atoms with Gasteiger partial charge in [-0.2, -0.15) is 0 Å². The second-order valence-electron chi connectivity index (χ2n) is 5.91. The number of hydrogen-bond donors (Lipinski definition) is 2. The van der Waals surface area contributed by atoms with Gasteiger partial charge in [-0.15, -0.1) is 0 Å². The summed E-state index contributed by atoms with van der Waals surface area (Å²) < 4.78 is 0. The summed E-state index contributed by atoms with van der Waals surface area (Å²) in [5.74, 6) is 1.42. The number of aromatic amines is 1. The molecule has 2 aromatic rings. The van der Waals surface area contributed by atoms with Gasteiger partial charge in [0.2, 0.25) is 5.95 Å². The van der Waals surface area contributed by atoms with Gasteiger partial charge in [-0.25, -0.2) is 15.0 Å². The summed E-state index contributed by atoms with van der Waals surface area (Å²) in [5.41, 5.74) is 0.448. The Morgan fingerprint density at radius 2 is 2.13 bits per heavy atom. The molecule has 2 N–H and O–H groups in total. The predicted molar refractivity (Wildman–Crippen MR) is 86.1 cm³/mol. The lowest BCUT2D eigenvalue weighted by Gasteiger charge is -2.21. The Kier molecular flexibility index (Phi) is 4.50. The first kappa shape index (κ1) is 15.4. The van der Waals surface area contributed by atoms with Crippen molar-refractivity contribution in [3.8, 4) is 11.5 Å². The van der Waals surface area contributed by atoms with Crippen LogP contribution in [0.5, 0.6) is 0 Å². The molecule has 0 amide bonds. The largest absolute Gasteiger partial charge is 0.354 e. The summed E-state index contributed by atoms with van der Waals surface area (Å²) in [5, 5.41) is 14.6. The van der Waals surface area contributed by atoms with Crippen LogP contribution in [0.25, 0.3) is 11.5 Å². The maximum atomic E-state index is 11.3. The van der Waals surface area contributed by atoms with Crippen LogP contribution in [0.15, 0.2) is 12.4 Å². The lowest BCUT2D eigenvalue weighted by atomic mass is 9.89. The molecule has 1 fully saturated rings. The summed E-state index contributed by atoms with van der Waals surface area (Å²) >= 11 is 0. The van der Waals surface area contributed by atoms with Gasteiger partial charge in [0.05, 0.1) is 4.92 Å². The highest BCUT2D eigenvalue weighted by Gasteiger charge is 2.25. The Morgan fingerprint density at radius 1 is 1.35 bits per heavy atom. The van der Waals surface area contributed by atoms with Crippen molar-refractivity contribution >= 4 is 11.6 Å². The molecule has 2 heterocycles. The number of H-pyrrole nitrogens is 1. The highest BCUT2D eigenvalue weighted by molar-refractivity contribution is 5.66. The first-order valence-corrected chi connectivity index (χ1v) is 7.92. The van der Waals surface area contributed by atoms with Gasteiger partial charge >= 0.3 is 5.69 Å². The molecule has 8 heteroatoms. The topological polar surface area (TPSA) is 110 Å². The zero-order valence-corrected chi connectivity index (χ0v) is 13.1. The van der Waals surface area contributed by atoms with Gasteiger partial charge in [0, 0.05) is 18.9 Å². The normalized spacial score (nSPS) is 15.5. The number of imidazole rings is 1. The Bertz CT molecular complexity index is 680. The van der Waals surface area contributed by atoms with Crippen LogP contribution in [-0.2, 0) is 0 Å². The Balaban J connectivity index is 1.85. The second-order valence-corrected chi connectivity index (χ2v) is 5.91. The van der Waals surface area contributed by atoms with Gasteiger partial charge in [-0.05, 0) is 25.7 Å². The molecule has 122 valence electrons. The van der Waals surface area contributed by atoms with Crippen molar-refractivity contribution in [2.24, 2.45) is 5.92 Å². The van der Waals surface area contributed by atoms with Crippen molar-refractivity contribution < 1.29 is 4.92 Å². The maximum Gasteiger partial charge on any atom is 0.319 e. The van der Waals surface area contributed by atoms with Crippen LogP contribution in [0.3, 0.4) is 0 Å². The van der Waals surface area contributed by atoms with E-state index in [1.807, 2.05) is 0 Å². The molecular weight excluding hydrogens is 296 g/mol. The lowest BCUT2D eigenvalue weighted by Crippen LogP contribution is -2.19. The van der Waals surface area contributed by atoms with Crippen LogP contribution in [0.2, 0.25) is 0 Å². The van der Waals surface area contributed by atoms with Gasteiger partial charge in [0.1, 0.15) is 5.69 Å². The number of rotatable bonds is 5. The summed E-state index contributed by atoms with van der Waals surface area (Å²) in [7, 11) is 0. The molecule has 0 radical (unpaired) electrons. The molecule has 0 aliphatic heterocycles. The minimum absolute atomic E-state index is 0.108. The fourth-order valence-corrected chi connectivity index (χ4v) is 3.05. The SMILES string of the molecule is Cc1nc(NCC2CCCCC2)nc(-c2ncc[nH]2)c1[N+](=O)[O-]. The molecule has 2 aromatic heterocycles. The molecule has 0 aromatic carbocycles. The van der Waals surface area contributed by atoms with E-state index in [4.69, 9.17) is 0 Å². The number of nitro groups is 1. The fourth-order valence-electron chi connectivity index (χ4n) is 3.05. The number of hydrogen-bond acceptors (Lipinski definition) is 6. The van der Waals surface area contributed by atoms with Crippen LogP contribution in [0.1, 0.15) is 37.8 Å². The number of nitrogens with one attached hydrogen (secondary N) is 2. The second kappa shape index (κ2) is 6.72. The van der Waals surface area contributed by atoms with Crippen LogP contribution in [0, 0.1) is 23.0 Å². The number of anilines is 1. The summed E-state index contributed by atoms with van der Waals surface area (Å²) in [4.78, 5) is 26.4. The quantitative estimate of drug-likeness (QED) is 0.648. The Morgan fingerprint density at radius 3 is 2.78 bits per heavy atom. The van der Waals surface area contributed by atoms with Gasteiger partial charge in [-0.3, -0.25) is 10.1 Å². The van der Waals surface area contributed by atoms with E-state index in [1.165, 1.54) is 32.1 Å². The minimum Gasteiger partial charge on any atom is -0.354 e. The number of aryl methyl sites for hydroxylation is 1. The van der Waals surface area contributed by atoms with E-state index < -0.39 is 4.92 Å². The van der Waals surface area contributed by atoms with E-state index in [2.05, 4.69) is 25.3 Å². The molecule has 0 bridgehead atoms. The Hall–Kier alpha value is -2.51. The maximum absolute atomic E-state index is 11.3. The molecule has 0 saturated heterocycles. The third-order valence-corrected chi connectivity index (χ3v) is 4.24. The zero-order valence-electron chi connectivity index (χ0n) is 13.1. The first-order chi connectivity index (χ1) is 11.1. The zero-order chi connectivity index (χ0) is 16.2. The van der Waals surface area contributed by atoms with Crippen molar-refractivity contribution in [2.45, 2.75) is 39.0 Å². The van der Waals surface area contributed by atoms with E-state index >= 15 is 0 Å². The monoisotopic (exact) mass is 316 g/mol. The number of aromatic nitrogens is 4. The van der Waals surface area contributed by atoms with Gasteiger partial charge < -0.3 is 10.3 Å². The highest BCUT2D eigenvalue weighted by atomic mass is 16.6. The molecule has 8 nitrogen and oxygen atoms in total. The van der Waals surface area contributed by atoms with Crippen LogP contribution < -0.4 is 5.32 Å². The van der Waals surface area contributed by atoms with Crippen molar-refractivity contribution in [2.75, 3.05) is 11.9 Å². The fraction of sp³-hybridized carbons (Fsp3) is 0.533. The van der Waals surface area contributed by atoms with Gasteiger partial charge in [0.15, 0.2) is 11.5 Å². The average Bonchev–Trinajstić information content (AvgIpc) is 3.07. The molecule has 3 rings (SSSR count). The molecule has 1 saturated carbocycles. The molecule has 1 aliphatic rings. The lowest BCUT2D eigenvalue weighted by molar-refractivity contribution is -0.385. The summed E-state index contributed by atoms with van der Waals surface area (Å²) in [6, 6.07) is 0. The summed E-state index contributed by atoms with van der Waals surface area (Å²) in [6.07, 6.45) is 9.44. The van der Waals surface area contributed by atoms with Crippen LogP contribution in [0.4, 0.5) is 11.6 Å². The van der Waals surface area contributed by atoms with Gasteiger partial charge in [-0.1, -0.05) is 19.3 Å². The molecule has 0 atom stereocenters. The molecule has 0 unspecified atom stereocenters. The van der Waals surface area contributed by atoms with E-state index in [9.17, 15) is 10.1 Å². The third-order valence-electron chi connectivity index (χ3n) is 4.24. The summed E-state index contributed by atoms with van der Waals surface area (Å²) in [6.45, 7) is 2.42. The van der Waals surface area contributed by atoms with Crippen molar-refractivity contribution in [1.82, 2.24) is 19.9 Å². The molecule has 23 heavy (non-hydrogen) atoms. The third kappa shape index (κ3) is 3.46. The van der Waals surface area contributed by atoms with Crippen molar-refractivity contribution in [3.63, 3.8) is 0 Å². The highest BCUT2D eigenvalue weighted by Crippen LogP contribution is 2.29. The van der Waals surface area contributed by atoms with E-state index in [0.717, 1.165) is 6.54 Å². The predicted octanol–water partition coefficient (Wildman–Crippen LogP) is 3.08. The Labute approximate surface area is 133 Å². The van der Waals surface area contributed by atoms with Crippen LogP contribution in [-0.4, -0.2) is 31.4 Å². The van der Waals surface area contributed by atoms with Crippen LogP contribution >= 0.6 is 0 Å². The van der Waals surface area contributed by atoms with Crippen molar-refractivity contribution in [1.29, 1.82) is 0 Å².